The molecule has 130 valence electrons. The largest absolute Gasteiger partial charge is 0.469 e. The maximum atomic E-state index is 5.38. The van der Waals surface area contributed by atoms with Gasteiger partial charge in [0, 0.05) is 19.0 Å². The second-order valence-corrected chi connectivity index (χ2v) is 6.03. The van der Waals surface area contributed by atoms with E-state index in [1.54, 1.807) is 6.26 Å². The van der Waals surface area contributed by atoms with Crippen molar-refractivity contribution >= 4 is 29.9 Å². The number of furan rings is 1. The average Bonchev–Trinajstić information content (AvgIpc) is 3.27. The number of benzene rings is 1. The van der Waals surface area contributed by atoms with E-state index in [1.165, 1.54) is 31.2 Å². The fourth-order valence-corrected chi connectivity index (χ4v) is 2.93. The lowest BCUT2D eigenvalue weighted by molar-refractivity contribution is 0.506. The van der Waals surface area contributed by atoms with Crippen LogP contribution in [0.3, 0.4) is 0 Å². The number of nitrogens with one attached hydrogen (secondary N) is 2. The summed E-state index contributed by atoms with van der Waals surface area (Å²) in [4.78, 5) is 4.74. The molecule has 1 saturated carbocycles. The number of hydrogen-bond donors (Lipinski definition) is 2. The minimum Gasteiger partial charge on any atom is -0.469 e. The molecule has 0 spiro atoms. The van der Waals surface area contributed by atoms with E-state index in [0.717, 1.165) is 24.7 Å². The first-order chi connectivity index (χ1) is 11.4. The number of nitrogens with zero attached hydrogens (tertiary/aromatic N) is 1. The van der Waals surface area contributed by atoms with Gasteiger partial charge >= 0.3 is 0 Å². The highest BCUT2D eigenvalue weighted by Crippen LogP contribution is 2.17. The van der Waals surface area contributed by atoms with Crippen molar-refractivity contribution in [1.29, 1.82) is 0 Å². The van der Waals surface area contributed by atoms with Crippen LogP contribution in [0, 0.1) is 0 Å². The second kappa shape index (κ2) is 10.4. The minimum atomic E-state index is 0. The Morgan fingerprint density at radius 1 is 1.08 bits per heavy atom. The Labute approximate surface area is 161 Å². The summed E-state index contributed by atoms with van der Waals surface area (Å²) >= 11 is 0. The van der Waals surface area contributed by atoms with Gasteiger partial charge in [-0.25, -0.2) is 4.99 Å². The topological polar surface area (TPSA) is 49.6 Å². The quantitative estimate of drug-likeness (QED) is 0.405. The Balaban J connectivity index is 0.00000208. The fraction of sp³-hybridized carbons (Fsp3) is 0.421. The molecule has 2 N–H and O–H groups in total. The molecule has 2 aromatic rings. The van der Waals surface area contributed by atoms with E-state index in [9.17, 15) is 0 Å². The summed E-state index contributed by atoms with van der Waals surface area (Å²) in [6.07, 6.45) is 7.70. The molecule has 1 heterocycles. The summed E-state index contributed by atoms with van der Waals surface area (Å²) in [5.74, 6) is 1.91. The number of guanidine groups is 1. The van der Waals surface area contributed by atoms with E-state index in [2.05, 4.69) is 34.9 Å². The van der Waals surface area contributed by atoms with Crippen LogP contribution < -0.4 is 10.6 Å². The third-order valence-corrected chi connectivity index (χ3v) is 4.20. The van der Waals surface area contributed by atoms with Crippen LogP contribution >= 0.6 is 24.0 Å². The Hall–Kier alpha value is -1.50. The molecule has 0 amide bonds. The molecule has 1 aromatic carbocycles. The molecule has 3 rings (SSSR count). The average molecular weight is 439 g/mol. The zero-order valence-corrected chi connectivity index (χ0v) is 16.2. The van der Waals surface area contributed by atoms with Gasteiger partial charge in [-0.3, -0.25) is 0 Å². The van der Waals surface area contributed by atoms with Crippen molar-refractivity contribution in [2.24, 2.45) is 4.99 Å². The molecule has 1 fully saturated rings. The van der Waals surface area contributed by atoms with Crippen molar-refractivity contribution < 1.29 is 4.42 Å². The van der Waals surface area contributed by atoms with Crippen LogP contribution in [0.5, 0.6) is 0 Å². The van der Waals surface area contributed by atoms with Gasteiger partial charge in [-0.05, 0) is 30.5 Å². The normalized spacial score (nSPS) is 15.1. The first-order valence-corrected chi connectivity index (χ1v) is 8.51. The summed E-state index contributed by atoms with van der Waals surface area (Å²) in [6.45, 7) is 1.52. The monoisotopic (exact) mass is 439 g/mol. The SMILES string of the molecule is I.c1ccc(CN=C(NCCc2ccco2)NC2CCCC2)cc1. The molecule has 24 heavy (non-hydrogen) atoms. The Morgan fingerprint density at radius 3 is 2.58 bits per heavy atom. The Kier molecular flexibility index (Phi) is 8.15. The number of rotatable bonds is 6. The van der Waals surface area contributed by atoms with Crippen LogP contribution in [0.15, 0.2) is 58.1 Å². The molecule has 0 aliphatic heterocycles. The van der Waals surface area contributed by atoms with E-state index < -0.39 is 0 Å². The lowest BCUT2D eigenvalue weighted by Gasteiger charge is -2.17. The number of aliphatic imine (C=N–C) groups is 1. The Bertz CT molecular complexity index is 592. The van der Waals surface area contributed by atoms with Crippen LogP contribution in [-0.2, 0) is 13.0 Å². The maximum Gasteiger partial charge on any atom is 0.191 e. The first-order valence-electron chi connectivity index (χ1n) is 8.51. The van der Waals surface area contributed by atoms with Crippen molar-refractivity contribution in [2.75, 3.05) is 6.54 Å². The molecule has 1 aliphatic carbocycles. The van der Waals surface area contributed by atoms with Gasteiger partial charge in [-0.15, -0.1) is 24.0 Å². The van der Waals surface area contributed by atoms with Gasteiger partial charge in [0.25, 0.3) is 0 Å². The van der Waals surface area contributed by atoms with E-state index in [0.29, 0.717) is 12.6 Å². The maximum absolute atomic E-state index is 5.38. The molecule has 0 unspecified atom stereocenters. The molecule has 0 atom stereocenters. The molecule has 1 aliphatic rings. The highest BCUT2D eigenvalue weighted by Gasteiger charge is 2.16. The molecular formula is C19H26IN3O. The summed E-state index contributed by atoms with van der Waals surface area (Å²) in [6, 6.07) is 14.9. The van der Waals surface area contributed by atoms with E-state index in [1.807, 2.05) is 18.2 Å². The van der Waals surface area contributed by atoms with Gasteiger partial charge in [0.2, 0.25) is 0 Å². The summed E-state index contributed by atoms with van der Waals surface area (Å²) in [7, 11) is 0. The lowest BCUT2D eigenvalue weighted by Crippen LogP contribution is -2.43. The number of hydrogen-bond acceptors (Lipinski definition) is 2. The highest BCUT2D eigenvalue weighted by molar-refractivity contribution is 14.0. The highest BCUT2D eigenvalue weighted by atomic mass is 127. The van der Waals surface area contributed by atoms with Gasteiger partial charge in [-0.1, -0.05) is 43.2 Å². The molecule has 0 saturated heterocycles. The predicted octanol–water partition coefficient (Wildman–Crippen LogP) is 4.12. The van der Waals surface area contributed by atoms with Crippen LogP contribution in [0.1, 0.15) is 37.0 Å². The summed E-state index contributed by atoms with van der Waals surface area (Å²) in [5, 5.41) is 7.01. The van der Waals surface area contributed by atoms with Gasteiger partial charge in [0.1, 0.15) is 5.76 Å². The standard InChI is InChI=1S/C19H25N3O.HI/c1-2-7-16(8-3-1)15-21-19(22-17-9-4-5-10-17)20-13-12-18-11-6-14-23-18;/h1-3,6-8,11,14,17H,4-5,9-10,12-13,15H2,(H2,20,21,22);1H. The van der Waals surface area contributed by atoms with E-state index in [-0.39, 0.29) is 24.0 Å². The molecule has 0 bridgehead atoms. The zero-order valence-electron chi connectivity index (χ0n) is 13.9. The van der Waals surface area contributed by atoms with Gasteiger partial charge in [-0.2, -0.15) is 0 Å². The third kappa shape index (κ3) is 6.19. The summed E-state index contributed by atoms with van der Waals surface area (Å²) in [5.41, 5.74) is 1.23. The molecule has 4 nitrogen and oxygen atoms in total. The van der Waals surface area contributed by atoms with Gasteiger partial charge in [0.05, 0.1) is 12.8 Å². The first kappa shape index (κ1) is 18.8. The molecule has 0 radical (unpaired) electrons. The van der Waals surface area contributed by atoms with Gasteiger partial charge in [0.15, 0.2) is 5.96 Å². The van der Waals surface area contributed by atoms with Crippen molar-refractivity contribution in [1.82, 2.24) is 10.6 Å². The molecular weight excluding hydrogens is 413 g/mol. The zero-order chi connectivity index (χ0) is 15.7. The van der Waals surface area contributed by atoms with Crippen LogP contribution in [0.2, 0.25) is 0 Å². The molecule has 1 aromatic heterocycles. The van der Waals surface area contributed by atoms with E-state index in [4.69, 9.17) is 9.41 Å². The fourth-order valence-electron chi connectivity index (χ4n) is 2.93. The van der Waals surface area contributed by atoms with Crippen LogP contribution in [0.25, 0.3) is 0 Å². The minimum absolute atomic E-state index is 0. The van der Waals surface area contributed by atoms with Crippen LogP contribution in [-0.4, -0.2) is 18.5 Å². The lowest BCUT2D eigenvalue weighted by atomic mass is 10.2. The Morgan fingerprint density at radius 2 is 1.88 bits per heavy atom. The number of halogens is 1. The van der Waals surface area contributed by atoms with Crippen LogP contribution in [0.4, 0.5) is 0 Å². The van der Waals surface area contributed by atoms with Crippen molar-refractivity contribution in [2.45, 2.75) is 44.7 Å². The van der Waals surface area contributed by atoms with Crippen molar-refractivity contribution in [3.8, 4) is 0 Å². The predicted molar refractivity (Wildman–Crippen MR) is 109 cm³/mol. The van der Waals surface area contributed by atoms with Crippen molar-refractivity contribution in [3.63, 3.8) is 0 Å². The van der Waals surface area contributed by atoms with Gasteiger partial charge < -0.3 is 15.1 Å². The summed E-state index contributed by atoms with van der Waals surface area (Å²) < 4.78 is 5.38. The molecule has 5 heteroatoms. The second-order valence-electron chi connectivity index (χ2n) is 6.03. The van der Waals surface area contributed by atoms with Crippen molar-refractivity contribution in [3.05, 3.63) is 60.1 Å². The van der Waals surface area contributed by atoms with E-state index >= 15 is 0 Å². The third-order valence-electron chi connectivity index (χ3n) is 4.20. The smallest absolute Gasteiger partial charge is 0.191 e.